The summed E-state index contributed by atoms with van der Waals surface area (Å²) in [4.78, 5) is 9.82. The SMILES string of the molecule is COc1cc2nc(NC3CCCCCC3)n3nc(-c4ccccc4)nc3c2cc1OC. The van der Waals surface area contributed by atoms with Gasteiger partial charge < -0.3 is 14.8 Å². The Balaban J connectivity index is 1.70. The molecule has 4 aromatic rings. The maximum absolute atomic E-state index is 5.52. The summed E-state index contributed by atoms with van der Waals surface area (Å²) in [7, 11) is 3.27. The van der Waals surface area contributed by atoms with Crippen molar-refractivity contribution in [2.75, 3.05) is 19.5 Å². The second kappa shape index (κ2) is 8.41. The number of nitrogens with zero attached hydrogens (tertiary/aromatic N) is 4. The molecule has 0 amide bonds. The van der Waals surface area contributed by atoms with Crippen LogP contribution in [0.5, 0.6) is 11.5 Å². The predicted octanol–water partition coefficient (Wildman–Crippen LogP) is 5.10. The van der Waals surface area contributed by atoms with Crippen LogP contribution in [0.4, 0.5) is 5.95 Å². The molecule has 2 aromatic heterocycles. The van der Waals surface area contributed by atoms with E-state index in [2.05, 4.69) is 5.32 Å². The number of nitrogens with one attached hydrogen (secondary N) is 1. The van der Waals surface area contributed by atoms with Crippen LogP contribution in [0.25, 0.3) is 27.9 Å². The van der Waals surface area contributed by atoms with Gasteiger partial charge in [-0.2, -0.15) is 4.52 Å². The third-order valence-corrected chi connectivity index (χ3v) is 6.00. The van der Waals surface area contributed by atoms with Crippen molar-refractivity contribution in [2.45, 2.75) is 44.6 Å². The minimum Gasteiger partial charge on any atom is -0.493 e. The Morgan fingerprint density at radius 3 is 2.32 bits per heavy atom. The van der Waals surface area contributed by atoms with Gasteiger partial charge in [0, 0.05) is 23.1 Å². The predicted molar refractivity (Wildman–Crippen MR) is 122 cm³/mol. The Kier molecular flexibility index (Phi) is 5.32. The second-order valence-corrected chi connectivity index (χ2v) is 8.03. The first-order valence-corrected chi connectivity index (χ1v) is 10.9. The third kappa shape index (κ3) is 3.76. The number of aromatic nitrogens is 4. The summed E-state index contributed by atoms with van der Waals surface area (Å²) in [6.45, 7) is 0. The summed E-state index contributed by atoms with van der Waals surface area (Å²) in [5.74, 6) is 2.69. The zero-order valence-corrected chi connectivity index (χ0v) is 18.0. The molecule has 1 N–H and O–H groups in total. The highest BCUT2D eigenvalue weighted by atomic mass is 16.5. The van der Waals surface area contributed by atoms with Crippen molar-refractivity contribution in [3.05, 3.63) is 42.5 Å². The Morgan fingerprint density at radius 2 is 1.61 bits per heavy atom. The van der Waals surface area contributed by atoms with E-state index in [1.54, 1.807) is 14.2 Å². The first-order valence-electron chi connectivity index (χ1n) is 10.9. The van der Waals surface area contributed by atoms with E-state index in [0.717, 1.165) is 40.9 Å². The summed E-state index contributed by atoms with van der Waals surface area (Å²) >= 11 is 0. The van der Waals surface area contributed by atoms with Crippen molar-refractivity contribution in [3.63, 3.8) is 0 Å². The molecule has 7 heteroatoms. The summed E-state index contributed by atoms with van der Waals surface area (Å²) in [5.41, 5.74) is 2.52. The van der Waals surface area contributed by atoms with Crippen LogP contribution < -0.4 is 14.8 Å². The van der Waals surface area contributed by atoms with Gasteiger partial charge in [-0.1, -0.05) is 56.0 Å². The molecule has 1 saturated carbocycles. The monoisotopic (exact) mass is 417 g/mol. The Bertz CT molecular complexity index is 1200. The Labute approximate surface area is 181 Å². The molecule has 0 saturated heterocycles. The number of fused-ring (bicyclic) bond motifs is 3. The van der Waals surface area contributed by atoms with Gasteiger partial charge in [0.25, 0.3) is 0 Å². The van der Waals surface area contributed by atoms with Crippen LogP contribution in [0, 0.1) is 0 Å². The lowest BCUT2D eigenvalue weighted by Gasteiger charge is -2.18. The standard InChI is InChI=1S/C24H27N5O2/c1-30-20-14-18-19(15-21(20)31-2)26-24(25-17-12-8-3-4-9-13-17)29-23(18)27-22(28-29)16-10-6-5-7-11-16/h5-7,10-11,14-15,17H,3-4,8-9,12-13H2,1-2H3,(H,25,26). The highest BCUT2D eigenvalue weighted by Gasteiger charge is 2.20. The molecular weight excluding hydrogens is 390 g/mol. The first-order chi connectivity index (χ1) is 15.3. The van der Waals surface area contributed by atoms with Crippen LogP contribution in [0.2, 0.25) is 0 Å². The van der Waals surface area contributed by atoms with E-state index in [4.69, 9.17) is 24.5 Å². The van der Waals surface area contributed by atoms with Gasteiger partial charge in [-0.25, -0.2) is 9.97 Å². The van der Waals surface area contributed by atoms with Crippen molar-refractivity contribution in [3.8, 4) is 22.9 Å². The lowest BCUT2D eigenvalue weighted by molar-refractivity contribution is 0.356. The van der Waals surface area contributed by atoms with E-state index < -0.39 is 0 Å². The maximum Gasteiger partial charge on any atom is 0.226 e. The van der Waals surface area contributed by atoms with E-state index in [1.807, 2.05) is 47.0 Å². The van der Waals surface area contributed by atoms with Crippen LogP contribution in [0.3, 0.4) is 0 Å². The van der Waals surface area contributed by atoms with Gasteiger partial charge in [0.05, 0.1) is 19.7 Å². The molecule has 1 aliphatic rings. The van der Waals surface area contributed by atoms with Gasteiger partial charge in [-0.3, -0.25) is 0 Å². The second-order valence-electron chi connectivity index (χ2n) is 8.03. The van der Waals surface area contributed by atoms with Crippen LogP contribution >= 0.6 is 0 Å². The summed E-state index contributed by atoms with van der Waals surface area (Å²) in [6.07, 6.45) is 7.38. The number of hydrogen-bond acceptors (Lipinski definition) is 6. The topological polar surface area (TPSA) is 73.6 Å². The molecule has 0 radical (unpaired) electrons. The zero-order valence-electron chi connectivity index (χ0n) is 18.0. The van der Waals surface area contributed by atoms with E-state index in [9.17, 15) is 0 Å². The molecule has 2 heterocycles. The van der Waals surface area contributed by atoms with Crippen LogP contribution in [-0.2, 0) is 0 Å². The van der Waals surface area contributed by atoms with Crippen molar-refractivity contribution in [2.24, 2.45) is 0 Å². The largest absolute Gasteiger partial charge is 0.493 e. The minimum atomic E-state index is 0.389. The van der Waals surface area contributed by atoms with Crippen molar-refractivity contribution < 1.29 is 9.47 Å². The van der Waals surface area contributed by atoms with Gasteiger partial charge in [0.2, 0.25) is 5.95 Å². The zero-order chi connectivity index (χ0) is 21.2. The summed E-state index contributed by atoms with van der Waals surface area (Å²) in [5, 5.41) is 9.37. The number of anilines is 1. The highest BCUT2D eigenvalue weighted by molar-refractivity contribution is 5.95. The molecule has 0 bridgehead atoms. The third-order valence-electron chi connectivity index (χ3n) is 6.00. The number of rotatable bonds is 5. The fraction of sp³-hybridized carbons (Fsp3) is 0.375. The molecule has 5 rings (SSSR count). The van der Waals surface area contributed by atoms with E-state index in [-0.39, 0.29) is 0 Å². The number of methoxy groups -OCH3 is 2. The smallest absolute Gasteiger partial charge is 0.226 e. The molecule has 7 nitrogen and oxygen atoms in total. The van der Waals surface area contributed by atoms with Gasteiger partial charge in [0.15, 0.2) is 23.0 Å². The average molecular weight is 418 g/mol. The van der Waals surface area contributed by atoms with Crippen molar-refractivity contribution in [1.82, 2.24) is 19.6 Å². The fourth-order valence-corrected chi connectivity index (χ4v) is 4.34. The molecule has 160 valence electrons. The van der Waals surface area contributed by atoms with Gasteiger partial charge in [-0.15, -0.1) is 5.10 Å². The normalized spacial score (nSPS) is 15.2. The average Bonchev–Trinajstić information content (AvgIpc) is 3.11. The highest BCUT2D eigenvalue weighted by Crippen LogP contribution is 2.34. The van der Waals surface area contributed by atoms with Gasteiger partial charge in [-0.05, 0) is 18.9 Å². The molecule has 0 atom stereocenters. The van der Waals surface area contributed by atoms with Crippen LogP contribution in [-0.4, -0.2) is 39.8 Å². The van der Waals surface area contributed by atoms with E-state index in [1.165, 1.54) is 25.7 Å². The van der Waals surface area contributed by atoms with Gasteiger partial charge >= 0.3 is 0 Å². The van der Waals surface area contributed by atoms with E-state index in [0.29, 0.717) is 23.4 Å². The van der Waals surface area contributed by atoms with Gasteiger partial charge in [0.1, 0.15) is 0 Å². The molecule has 0 unspecified atom stereocenters. The molecule has 31 heavy (non-hydrogen) atoms. The summed E-state index contributed by atoms with van der Waals surface area (Å²) < 4.78 is 12.9. The number of ether oxygens (including phenoxy) is 2. The first kappa shape index (κ1) is 19.6. The molecule has 2 aromatic carbocycles. The Morgan fingerprint density at radius 1 is 0.903 bits per heavy atom. The van der Waals surface area contributed by atoms with Crippen molar-refractivity contribution >= 4 is 22.5 Å². The Hall–Kier alpha value is -3.35. The van der Waals surface area contributed by atoms with E-state index >= 15 is 0 Å². The molecule has 1 fully saturated rings. The lowest BCUT2D eigenvalue weighted by Crippen LogP contribution is -2.21. The van der Waals surface area contributed by atoms with Crippen molar-refractivity contribution in [1.29, 1.82) is 0 Å². The van der Waals surface area contributed by atoms with Crippen LogP contribution in [0.1, 0.15) is 38.5 Å². The number of benzene rings is 2. The fourth-order valence-electron chi connectivity index (χ4n) is 4.34. The molecule has 1 aliphatic carbocycles. The molecular formula is C24H27N5O2. The summed E-state index contributed by atoms with van der Waals surface area (Å²) in [6, 6.07) is 14.2. The van der Waals surface area contributed by atoms with Crippen LogP contribution in [0.15, 0.2) is 42.5 Å². The maximum atomic E-state index is 5.52. The molecule has 0 aliphatic heterocycles. The molecule has 0 spiro atoms. The lowest BCUT2D eigenvalue weighted by atomic mass is 10.1. The minimum absolute atomic E-state index is 0.389. The quantitative estimate of drug-likeness (QED) is 0.456. The number of hydrogen-bond donors (Lipinski definition) is 1.